The summed E-state index contributed by atoms with van der Waals surface area (Å²) in [6, 6.07) is 14.5. The van der Waals surface area contributed by atoms with E-state index in [9.17, 15) is 9.59 Å². The number of carbonyl (C=O) groups is 2. The Balaban J connectivity index is 1.56. The maximum atomic E-state index is 12.2. The number of nitrogens with one attached hydrogen (secondary N) is 1. The number of amides is 2. The molecule has 0 spiro atoms. The van der Waals surface area contributed by atoms with E-state index in [-0.39, 0.29) is 5.75 Å². The third-order valence-corrected chi connectivity index (χ3v) is 5.30. The number of aryl methyl sites for hydroxylation is 1. The minimum atomic E-state index is -0.467. The van der Waals surface area contributed by atoms with Crippen molar-refractivity contribution >= 4 is 23.6 Å². The molecule has 1 heterocycles. The van der Waals surface area contributed by atoms with Crippen molar-refractivity contribution < 1.29 is 14.3 Å². The molecule has 0 atom stereocenters. The van der Waals surface area contributed by atoms with E-state index in [1.807, 2.05) is 12.1 Å². The Morgan fingerprint density at radius 1 is 1.10 bits per heavy atom. The molecule has 0 saturated heterocycles. The highest BCUT2D eigenvalue weighted by atomic mass is 32.2. The third-order valence-electron chi connectivity index (χ3n) is 4.38. The molecule has 0 radical (unpaired) electrons. The van der Waals surface area contributed by atoms with Gasteiger partial charge in [0.05, 0.1) is 18.6 Å². The largest absolute Gasteiger partial charge is 0.497 e. The second kappa shape index (κ2) is 10.5. The molecule has 156 valence electrons. The summed E-state index contributed by atoms with van der Waals surface area (Å²) in [5.41, 5.74) is 2.46. The number of nitrogens with zero attached hydrogens (tertiary/aromatic N) is 4. The smallest absolute Gasteiger partial charge is 0.257 e. The topological polar surface area (TPSA) is 99.0 Å². The summed E-state index contributed by atoms with van der Waals surface area (Å²) in [6.45, 7) is 2.17. The third kappa shape index (κ3) is 5.66. The van der Waals surface area contributed by atoms with Crippen molar-refractivity contribution in [3.05, 3.63) is 59.7 Å². The highest BCUT2D eigenvalue weighted by molar-refractivity contribution is 7.99. The van der Waals surface area contributed by atoms with Gasteiger partial charge in [-0.05, 0) is 65.2 Å². The average molecular weight is 426 g/mol. The number of ether oxygens (including phenoxy) is 1. The Hall–Kier alpha value is -3.20. The number of thioether (sulfide) groups is 1. The molecule has 0 aliphatic heterocycles. The van der Waals surface area contributed by atoms with Crippen LogP contribution in [0.3, 0.4) is 0 Å². The summed E-state index contributed by atoms with van der Waals surface area (Å²) < 4.78 is 6.63. The molecule has 9 heteroatoms. The van der Waals surface area contributed by atoms with Crippen molar-refractivity contribution in [1.29, 1.82) is 0 Å². The first-order valence-electron chi connectivity index (χ1n) is 9.59. The number of imide groups is 1. The zero-order valence-electron chi connectivity index (χ0n) is 16.9. The van der Waals surface area contributed by atoms with Crippen molar-refractivity contribution in [2.24, 2.45) is 0 Å². The van der Waals surface area contributed by atoms with E-state index in [0.29, 0.717) is 16.5 Å². The molecule has 0 unspecified atom stereocenters. The van der Waals surface area contributed by atoms with Gasteiger partial charge < -0.3 is 4.74 Å². The van der Waals surface area contributed by atoms with Crippen LogP contribution in [-0.2, 0) is 11.2 Å². The Kier molecular flexibility index (Phi) is 7.56. The van der Waals surface area contributed by atoms with Gasteiger partial charge in [-0.3, -0.25) is 14.9 Å². The van der Waals surface area contributed by atoms with Crippen LogP contribution in [-0.4, -0.2) is 44.9 Å². The van der Waals surface area contributed by atoms with Crippen LogP contribution in [0.2, 0.25) is 0 Å². The number of rotatable bonds is 9. The lowest BCUT2D eigenvalue weighted by Crippen LogP contribution is -2.31. The summed E-state index contributed by atoms with van der Waals surface area (Å²) >= 11 is 1.16. The molecule has 0 fully saturated rings. The van der Waals surface area contributed by atoms with E-state index in [1.165, 1.54) is 5.56 Å². The second-order valence-electron chi connectivity index (χ2n) is 6.54. The summed E-state index contributed by atoms with van der Waals surface area (Å²) in [5.74, 6) is -0.244. The van der Waals surface area contributed by atoms with Crippen molar-refractivity contribution in [3.63, 3.8) is 0 Å². The Morgan fingerprint density at radius 2 is 1.83 bits per heavy atom. The fourth-order valence-electron chi connectivity index (χ4n) is 2.72. The molecule has 3 aromatic rings. The SMILES string of the molecule is CCCCc1ccc(-n2nnnc2SCC(=O)NC(=O)c2ccc(OC)cc2)cc1. The normalized spacial score (nSPS) is 10.6. The minimum Gasteiger partial charge on any atom is -0.497 e. The average Bonchev–Trinajstić information content (AvgIpc) is 3.25. The lowest BCUT2D eigenvalue weighted by atomic mass is 10.1. The van der Waals surface area contributed by atoms with E-state index >= 15 is 0 Å². The van der Waals surface area contributed by atoms with Gasteiger partial charge in [0.15, 0.2) is 0 Å². The molecule has 2 amide bonds. The van der Waals surface area contributed by atoms with E-state index in [2.05, 4.69) is 39.9 Å². The Bertz CT molecular complexity index is 987. The van der Waals surface area contributed by atoms with Gasteiger partial charge in [-0.25, -0.2) is 0 Å². The van der Waals surface area contributed by atoms with Crippen LogP contribution < -0.4 is 10.1 Å². The van der Waals surface area contributed by atoms with Gasteiger partial charge >= 0.3 is 0 Å². The fourth-order valence-corrected chi connectivity index (χ4v) is 3.41. The summed E-state index contributed by atoms with van der Waals surface area (Å²) in [7, 11) is 1.55. The summed E-state index contributed by atoms with van der Waals surface area (Å²) in [4.78, 5) is 24.4. The maximum Gasteiger partial charge on any atom is 0.257 e. The molecule has 1 N–H and O–H groups in total. The van der Waals surface area contributed by atoms with Crippen LogP contribution in [0.5, 0.6) is 5.75 Å². The van der Waals surface area contributed by atoms with Crippen molar-refractivity contribution in [2.45, 2.75) is 31.3 Å². The Morgan fingerprint density at radius 3 is 2.50 bits per heavy atom. The fraction of sp³-hybridized carbons (Fsp3) is 0.286. The highest BCUT2D eigenvalue weighted by Crippen LogP contribution is 2.19. The predicted molar refractivity (Wildman–Crippen MR) is 114 cm³/mol. The number of methoxy groups -OCH3 is 1. The first kappa shape index (κ1) is 21.5. The standard InChI is InChI=1S/C21H23N5O3S/c1-3-4-5-15-6-10-17(11-7-15)26-21(23-24-25-26)30-14-19(27)22-20(28)16-8-12-18(29-2)13-9-16/h6-13H,3-5,14H2,1-2H3,(H,22,27,28). The molecule has 0 bridgehead atoms. The number of unbranched alkanes of at least 4 members (excludes halogenated alkanes) is 1. The highest BCUT2D eigenvalue weighted by Gasteiger charge is 2.14. The zero-order chi connectivity index (χ0) is 21.3. The van der Waals surface area contributed by atoms with Crippen molar-refractivity contribution in [2.75, 3.05) is 12.9 Å². The van der Waals surface area contributed by atoms with Gasteiger partial charge in [0.25, 0.3) is 5.91 Å². The molecule has 0 aliphatic carbocycles. The molecule has 2 aromatic carbocycles. The number of hydrogen-bond donors (Lipinski definition) is 1. The van der Waals surface area contributed by atoms with Crippen LogP contribution in [0.1, 0.15) is 35.7 Å². The van der Waals surface area contributed by atoms with Crippen LogP contribution >= 0.6 is 11.8 Å². The summed E-state index contributed by atoms with van der Waals surface area (Å²) in [5, 5.41) is 14.5. The van der Waals surface area contributed by atoms with E-state index in [0.717, 1.165) is 36.7 Å². The van der Waals surface area contributed by atoms with E-state index in [4.69, 9.17) is 4.74 Å². The van der Waals surface area contributed by atoms with Gasteiger partial charge in [-0.2, -0.15) is 4.68 Å². The first-order valence-corrected chi connectivity index (χ1v) is 10.6. The lowest BCUT2D eigenvalue weighted by Gasteiger charge is -2.07. The zero-order valence-corrected chi connectivity index (χ0v) is 17.7. The van der Waals surface area contributed by atoms with Crippen molar-refractivity contribution in [3.8, 4) is 11.4 Å². The van der Waals surface area contributed by atoms with Crippen LogP contribution in [0.4, 0.5) is 0 Å². The molecule has 3 rings (SSSR count). The van der Waals surface area contributed by atoms with E-state index in [1.54, 1.807) is 36.1 Å². The molecule has 0 saturated carbocycles. The van der Waals surface area contributed by atoms with Gasteiger partial charge in [-0.15, -0.1) is 5.10 Å². The number of benzene rings is 2. The predicted octanol–water partition coefficient (Wildman–Crippen LogP) is 3.06. The van der Waals surface area contributed by atoms with Gasteiger partial charge in [0.1, 0.15) is 5.75 Å². The molecular weight excluding hydrogens is 402 g/mol. The molecule has 1 aromatic heterocycles. The lowest BCUT2D eigenvalue weighted by molar-refractivity contribution is -0.117. The van der Waals surface area contributed by atoms with Crippen LogP contribution in [0.25, 0.3) is 5.69 Å². The quantitative estimate of drug-likeness (QED) is 0.526. The number of carbonyl (C=O) groups excluding carboxylic acids is 2. The van der Waals surface area contributed by atoms with Gasteiger partial charge in [-0.1, -0.05) is 37.2 Å². The minimum absolute atomic E-state index is 0.0108. The van der Waals surface area contributed by atoms with Crippen LogP contribution in [0, 0.1) is 0 Å². The first-order chi connectivity index (χ1) is 14.6. The number of hydrogen-bond acceptors (Lipinski definition) is 7. The van der Waals surface area contributed by atoms with Gasteiger partial charge in [0.2, 0.25) is 11.1 Å². The number of aromatic nitrogens is 4. The monoisotopic (exact) mass is 425 g/mol. The maximum absolute atomic E-state index is 12.2. The van der Waals surface area contributed by atoms with Crippen LogP contribution in [0.15, 0.2) is 53.7 Å². The van der Waals surface area contributed by atoms with Gasteiger partial charge in [0, 0.05) is 5.56 Å². The second-order valence-corrected chi connectivity index (χ2v) is 7.48. The van der Waals surface area contributed by atoms with Crippen molar-refractivity contribution in [1.82, 2.24) is 25.5 Å². The molecule has 30 heavy (non-hydrogen) atoms. The molecule has 8 nitrogen and oxygen atoms in total. The molecule has 0 aliphatic rings. The number of tetrazole rings is 1. The molecular formula is C21H23N5O3S. The Labute approximate surface area is 179 Å². The summed E-state index contributed by atoms with van der Waals surface area (Å²) in [6.07, 6.45) is 3.34. The van der Waals surface area contributed by atoms with E-state index < -0.39 is 11.8 Å².